The summed E-state index contributed by atoms with van der Waals surface area (Å²) in [6.07, 6.45) is 1.59. The average Bonchev–Trinajstić information content (AvgIpc) is 3.22. The molecule has 0 amide bonds. The lowest BCUT2D eigenvalue weighted by molar-refractivity contribution is 0.0224. The van der Waals surface area contributed by atoms with Crippen molar-refractivity contribution in [1.29, 1.82) is 0 Å². The number of rotatable bonds is 4. The smallest absolute Gasteiger partial charge is 0.340 e. The summed E-state index contributed by atoms with van der Waals surface area (Å²) in [6, 6.07) is 41.0. The fourth-order valence-electron chi connectivity index (χ4n) is 5.65. The third-order valence-electron chi connectivity index (χ3n) is 7.34. The van der Waals surface area contributed by atoms with Crippen LogP contribution in [0.25, 0.3) is 0 Å². The molecule has 37 heavy (non-hydrogen) atoms. The molecule has 0 aliphatic carbocycles. The van der Waals surface area contributed by atoms with Gasteiger partial charge in [0, 0.05) is 16.7 Å². The molecule has 0 saturated carbocycles. The van der Waals surface area contributed by atoms with Crippen LogP contribution in [0.3, 0.4) is 0 Å². The molecule has 0 aromatic heterocycles. The van der Waals surface area contributed by atoms with Gasteiger partial charge in [-0.15, -0.1) is 0 Å². The first-order chi connectivity index (χ1) is 18.2. The third kappa shape index (κ3) is 3.54. The molecule has 0 N–H and O–H groups in total. The van der Waals surface area contributed by atoms with Crippen LogP contribution in [0.15, 0.2) is 121 Å². The molecule has 2 aliphatic heterocycles. The molecular weight excluding hydrogens is 456 g/mol. The zero-order valence-electron chi connectivity index (χ0n) is 20.2. The van der Waals surface area contributed by atoms with Crippen LogP contribution in [0.4, 0.5) is 0 Å². The number of ether oxygens (including phenoxy) is 2. The predicted molar refractivity (Wildman–Crippen MR) is 143 cm³/mol. The van der Waals surface area contributed by atoms with Crippen LogP contribution in [0.1, 0.15) is 49.3 Å². The Balaban J connectivity index is 1.38. The van der Waals surface area contributed by atoms with Gasteiger partial charge < -0.3 is 9.47 Å². The summed E-state index contributed by atoms with van der Waals surface area (Å²) < 4.78 is 12.9. The van der Waals surface area contributed by atoms with E-state index in [2.05, 4.69) is 84.9 Å². The van der Waals surface area contributed by atoms with Crippen LogP contribution in [0, 0.1) is 0 Å². The van der Waals surface area contributed by atoms with Crippen LogP contribution >= 0.6 is 0 Å². The predicted octanol–water partition coefficient (Wildman–Crippen LogP) is 7.44. The SMILES string of the molecule is O=C1OC2(c3ccc(Cc4ccccc4)cc3Oc3cc(Cc4ccccc4)ccc32)c2ccccc21. The van der Waals surface area contributed by atoms with Gasteiger partial charge in [0.05, 0.1) is 5.56 Å². The minimum atomic E-state index is -1.03. The van der Waals surface area contributed by atoms with Gasteiger partial charge in [-0.3, -0.25) is 0 Å². The van der Waals surface area contributed by atoms with Crippen molar-refractivity contribution in [1.82, 2.24) is 0 Å². The van der Waals surface area contributed by atoms with Gasteiger partial charge >= 0.3 is 5.97 Å². The van der Waals surface area contributed by atoms with Crippen molar-refractivity contribution in [2.45, 2.75) is 18.4 Å². The first kappa shape index (κ1) is 21.6. The first-order valence-electron chi connectivity index (χ1n) is 12.6. The number of hydrogen-bond acceptors (Lipinski definition) is 3. The second-order valence-electron chi connectivity index (χ2n) is 9.70. The van der Waals surface area contributed by atoms with Gasteiger partial charge in [-0.25, -0.2) is 4.79 Å². The fourth-order valence-corrected chi connectivity index (χ4v) is 5.65. The average molecular weight is 481 g/mol. The molecular formula is C34H24O3. The Morgan fingerprint density at radius 3 is 1.59 bits per heavy atom. The van der Waals surface area contributed by atoms with Crippen molar-refractivity contribution >= 4 is 5.97 Å². The lowest BCUT2D eigenvalue weighted by Gasteiger charge is -2.37. The van der Waals surface area contributed by atoms with Gasteiger partial charge in [0.25, 0.3) is 0 Å². The molecule has 0 fully saturated rings. The molecule has 2 heterocycles. The molecule has 1 spiro atoms. The molecule has 3 nitrogen and oxygen atoms in total. The second-order valence-corrected chi connectivity index (χ2v) is 9.70. The van der Waals surface area contributed by atoms with E-state index in [0.29, 0.717) is 5.56 Å². The minimum Gasteiger partial charge on any atom is -0.456 e. The summed E-state index contributed by atoms with van der Waals surface area (Å²) in [6.45, 7) is 0. The molecule has 0 radical (unpaired) electrons. The van der Waals surface area contributed by atoms with E-state index >= 15 is 0 Å². The Bertz CT molecular complexity index is 1550. The summed E-state index contributed by atoms with van der Waals surface area (Å²) in [4.78, 5) is 13.1. The van der Waals surface area contributed by atoms with Gasteiger partial charge in [0.15, 0.2) is 5.60 Å². The largest absolute Gasteiger partial charge is 0.456 e. The molecule has 7 rings (SSSR count). The van der Waals surface area contributed by atoms with Gasteiger partial charge in [-0.1, -0.05) is 103 Å². The van der Waals surface area contributed by atoms with Crippen molar-refractivity contribution in [2.24, 2.45) is 0 Å². The van der Waals surface area contributed by atoms with Crippen LogP contribution < -0.4 is 4.74 Å². The summed E-state index contributed by atoms with van der Waals surface area (Å²) in [5, 5.41) is 0. The van der Waals surface area contributed by atoms with Crippen LogP contribution in [0.5, 0.6) is 11.5 Å². The Kier molecular flexibility index (Phi) is 4.97. The minimum absolute atomic E-state index is 0.309. The third-order valence-corrected chi connectivity index (χ3v) is 7.34. The monoisotopic (exact) mass is 480 g/mol. The van der Waals surface area contributed by atoms with Crippen molar-refractivity contribution in [3.05, 3.63) is 166 Å². The molecule has 5 aromatic rings. The van der Waals surface area contributed by atoms with Crippen molar-refractivity contribution < 1.29 is 14.3 Å². The summed E-state index contributed by atoms with van der Waals surface area (Å²) in [7, 11) is 0. The van der Waals surface area contributed by atoms with Crippen molar-refractivity contribution in [2.75, 3.05) is 0 Å². The Hall–Kier alpha value is -4.63. The van der Waals surface area contributed by atoms with Crippen molar-refractivity contribution in [3.63, 3.8) is 0 Å². The Morgan fingerprint density at radius 2 is 1.03 bits per heavy atom. The standard InChI is InChI=1S/C34H24O3/c35-33-27-13-7-8-14-28(27)34(37-33)29-17-15-25(19-23-9-3-1-4-10-23)21-31(29)36-32-22-26(16-18-30(32)34)20-24-11-5-2-6-12-24/h1-18,21-22H,19-20H2. The highest BCUT2D eigenvalue weighted by Gasteiger charge is 2.53. The second kappa shape index (κ2) is 8.49. The number of benzene rings is 5. The molecule has 5 aromatic carbocycles. The maximum atomic E-state index is 13.1. The quantitative estimate of drug-likeness (QED) is 0.251. The maximum absolute atomic E-state index is 13.1. The van der Waals surface area contributed by atoms with Gasteiger partial charge in [0.2, 0.25) is 0 Å². The van der Waals surface area contributed by atoms with E-state index in [0.717, 1.165) is 52.2 Å². The van der Waals surface area contributed by atoms with Crippen molar-refractivity contribution in [3.8, 4) is 11.5 Å². The number of esters is 1. The highest BCUT2D eigenvalue weighted by molar-refractivity contribution is 5.97. The van der Waals surface area contributed by atoms with Crippen LogP contribution in [-0.2, 0) is 23.2 Å². The molecule has 0 bridgehead atoms. The zero-order valence-corrected chi connectivity index (χ0v) is 20.2. The molecule has 178 valence electrons. The van der Waals surface area contributed by atoms with E-state index in [1.807, 2.05) is 36.4 Å². The topological polar surface area (TPSA) is 35.5 Å². The Labute approximate surface area is 215 Å². The normalized spacial score (nSPS) is 14.3. The van der Waals surface area contributed by atoms with E-state index in [9.17, 15) is 4.79 Å². The molecule has 0 atom stereocenters. The lowest BCUT2D eigenvalue weighted by Crippen LogP contribution is -2.33. The van der Waals surface area contributed by atoms with Gasteiger partial charge in [-0.2, -0.15) is 0 Å². The molecule has 0 unspecified atom stereocenters. The van der Waals surface area contributed by atoms with E-state index in [1.54, 1.807) is 0 Å². The number of fused-ring (bicyclic) bond motifs is 6. The van der Waals surface area contributed by atoms with E-state index in [1.165, 1.54) is 11.1 Å². The number of hydrogen-bond donors (Lipinski definition) is 0. The van der Waals surface area contributed by atoms with Gasteiger partial charge in [-0.05, 0) is 53.3 Å². The molecule has 3 heteroatoms. The van der Waals surface area contributed by atoms with E-state index in [4.69, 9.17) is 9.47 Å². The van der Waals surface area contributed by atoms with Crippen LogP contribution in [-0.4, -0.2) is 5.97 Å². The lowest BCUT2D eigenvalue weighted by atomic mass is 9.77. The summed E-state index contributed by atoms with van der Waals surface area (Å²) >= 11 is 0. The van der Waals surface area contributed by atoms with Gasteiger partial charge in [0.1, 0.15) is 11.5 Å². The summed E-state index contributed by atoms with van der Waals surface area (Å²) in [5.41, 5.74) is 6.88. The highest BCUT2D eigenvalue weighted by Crippen LogP contribution is 2.56. The first-order valence-corrected chi connectivity index (χ1v) is 12.6. The zero-order chi connectivity index (χ0) is 24.8. The fraction of sp³-hybridized carbons (Fsp3) is 0.0882. The van der Waals surface area contributed by atoms with Crippen LogP contribution in [0.2, 0.25) is 0 Å². The highest BCUT2D eigenvalue weighted by atomic mass is 16.6. The Morgan fingerprint density at radius 1 is 0.514 bits per heavy atom. The number of carbonyl (C=O) groups excluding carboxylic acids is 1. The molecule has 0 saturated heterocycles. The van der Waals surface area contributed by atoms with E-state index < -0.39 is 5.60 Å². The summed E-state index contributed by atoms with van der Waals surface area (Å²) in [5.74, 6) is 1.14. The number of carbonyl (C=O) groups is 1. The molecule has 2 aliphatic rings. The maximum Gasteiger partial charge on any atom is 0.340 e. The van der Waals surface area contributed by atoms with E-state index in [-0.39, 0.29) is 5.97 Å².